The fraction of sp³-hybridized carbons (Fsp3) is 0.294. The Kier molecular flexibility index (Phi) is 4.59. The lowest BCUT2D eigenvalue weighted by Gasteiger charge is -2.30. The maximum absolute atomic E-state index is 4.56. The molecule has 3 rings (SSSR count). The van der Waals surface area contributed by atoms with Gasteiger partial charge in [0.2, 0.25) is 0 Å². The third-order valence-corrected chi connectivity index (χ3v) is 3.82. The van der Waals surface area contributed by atoms with Crippen LogP contribution in [0.15, 0.2) is 60.0 Å². The molecule has 1 saturated heterocycles. The fourth-order valence-corrected chi connectivity index (χ4v) is 2.59. The predicted octanol–water partition coefficient (Wildman–Crippen LogP) is 0.816. The van der Waals surface area contributed by atoms with Crippen molar-refractivity contribution in [3.63, 3.8) is 0 Å². The van der Waals surface area contributed by atoms with Crippen molar-refractivity contribution in [2.75, 3.05) is 26.2 Å². The number of pyridine rings is 1. The van der Waals surface area contributed by atoms with Gasteiger partial charge in [0.05, 0.1) is 32.4 Å². The van der Waals surface area contributed by atoms with Gasteiger partial charge >= 0.3 is 0 Å². The number of benzene rings is 1. The van der Waals surface area contributed by atoms with Crippen LogP contribution in [-0.4, -0.2) is 42.4 Å². The van der Waals surface area contributed by atoms with E-state index >= 15 is 0 Å². The Morgan fingerprint density at radius 1 is 1.05 bits per heavy atom. The third kappa shape index (κ3) is 4.13. The highest BCUT2D eigenvalue weighted by Crippen LogP contribution is 1.98. The second-order valence-electron chi connectivity index (χ2n) is 5.39. The molecule has 0 radical (unpaired) electrons. The first-order valence-corrected chi connectivity index (χ1v) is 7.46. The number of rotatable bonds is 4. The van der Waals surface area contributed by atoms with E-state index in [1.54, 1.807) is 17.3 Å². The molecule has 2 heterocycles. The third-order valence-electron chi connectivity index (χ3n) is 3.82. The number of aromatic nitrogens is 1. The molecule has 1 fully saturated rings. The Balaban J connectivity index is 1.48. The Bertz CT molecular complexity index is 560. The molecule has 1 aromatic heterocycles. The van der Waals surface area contributed by atoms with Crippen LogP contribution < -0.4 is 4.90 Å². The highest BCUT2D eigenvalue weighted by molar-refractivity contribution is 5.78. The number of nitrogens with zero attached hydrogens (tertiary/aromatic N) is 3. The zero-order valence-corrected chi connectivity index (χ0v) is 12.2. The van der Waals surface area contributed by atoms with Gasteiger partial charge < -0.3 is 4.90 Å². The summed E-state index contributed by atoms with van der Waals surface area (Å²) in [5.74, 6) is 0. The van der Waals surface area contributed by atoms with Gasteiger partial charge in [-0.3, -0.25) is 9.99 Å². The van der Waals surface area contributed by atoms with Gasteiger partial charge in [-0.25, -0.2) is 0 Å². The number of quaternary nitrogens is 1. The van der Waals surface area contributed by atoms with Crippen LogP contribution in [-0.2, 0) is 6.54 Å². The topological polar surface area (TPSA) is 32.9 Å². The van der Waals surface area contributed by atoms with E-state index < -0.39 is 0 Å². The lowest BCUT2D eigenvalue weighted by molar-refractivity contribution is -0.918. The van der Waals surface area contributed by atoms with Gasteiger partial charge in [-0.2, -0.15) is 5.10 Å². The van der Waals surface area contributed by atoms with Crippen molar-refractivity contribution in [3.8, 4) is 0 Å². The molecule has 1 aliphatic heterocycles. The molecule has 0 bridgehead atoms. The molecule has 21 heavy (non-hydrogen) atoms. The van der Waals surface area contributed by atoms with E-state index in [0.717, 1.165) is 38.3 Å². The first-order chi connectivity index (χ1) is 10.4. The first-order valence-electron chi connectivity index (χ1n) is 7.46. The first kappa shape index (κ1) is 13.8. The molecule has 4 nitrogen and oxygen atoms in total. The van der Waals surface area contributed by atoms with Crippen LogP contribution in [0, 0.1) is 0 Å². The molecule has 0 saturated carbocycles. The number of nitrogens with one attached hydrogen (secondary N) is 1. The second-order valence-corrected chi connectivity index (χ2v) is 5.39. The number of hydrogen-bond acceptors (Lipinski definition) is 3. The molecule has 4 heteroatoms. The van der Waals surface area contributed by atoms with E-state index in [-0.39, 0.29) is 0 Å². The zero-order valence-electron chi connectivity index (χ0n) is 12.2. The lowest BCUT2D eigenvalue weighted by atomic mass is 10.2. The standard InChI is InChI=1S/C17H20N4/c1-2-4-17(5-3-1)15-20-10-12-21(13-11-20)19-14-16-6-8-18-9-7-16/h1-9,14H,10-13,15H2/p+1/b19-14+. The average molecular weight is 281 g/mol. The van der Waals surface area contributed by atoms with Crippen LogP contribution in [0.4, 0.5) is 0 Å². The summed E-state index contributed by atoms with van der Waals surface area (Å²) in [5.41, 5.74) is 2.52. The zero-order chi connectivity index (χ0) is 14.3. The molecule has 0 unspecified atom stereocenters. The SMILES string of the molecule is C(=N\N1CC[NH+](Cc2ccccc2)CC1)/c1ccncc1. The molecular weight excluding hydrogens is 260 g/mol. The minimum Gasteiger partial charge on any atom is -0.328 e. The van der Waals surface area contributed by atoms with Crippen molar-refractivity contribution in [1.29, 1.82) is 0 Å². The van der Waals surface area contributed by atoms with E-state index in [1.165, 1.54) is 5.56 Å². The molecule has 0 spiro atoms. The van der Waals surface area contributed by atoms with E-state index in [9.17, 15) is 0 Å². The monoisotopic (exact) mass is 281 g/mol. The molecule has 0 atom stereocenters. The van der Waals surface area contributed by atoms with Crippen LogP contribution in [0.25, 0.3) is 0 Å². The van der Waals surface area contributed by atoms with Crippen LogP contribution in [0.2, 0.25) is 0 Å². The summed E-state index contributed by atoms with van der Waals surface area (Å²) in [6.07, 6.45) is 5.51. The molecule has 1 N–H and O–H groups in total. The van der Waals surface area contributed by atoms with Crippen molar-refractivity contribution in [2.24, 2.45) is 5.10 Å². The molecule has 2 aromatic rings. The number of piperazine rings is 1. The molecular formula is C17H21N4+. The summed E-state index contributed by atoms with van der Waals surface area (Å²) in [4.78, 5) is 5.65. The molecule has 0 aliphatic carbocycles. The highest BCUT2D eigenvalue weighted by atomic mass is 15.5. The predicted molar refractivity (Wildman–Crippen MR) is 84.2 cm³/mol. The molecule has 108 valence electrons. The van der Waals surface area contributed by atoms with Gasteiger partial charge in [-0.05, 0) is 17.7 Å². The minimum atomic E-state index is 1.02. The van der Waals surface area contributed by atoms with E-state index in [2.05, 4.69) is 45.4 Å². The van der Waals surface area contributed by atoms with Crippen LogP contribution >= 0.6 is 0 Å². The molecule has 1 aliphatic rings. The Hall–Kier alpha value is -2.20. The van der Waals surface area contributed by atoms with Crippen molar-refractivity contribution < 1.29 is 4.90 Å². The van der Waals surface area contributed by atoms with Crippen LogP contribution in [0.3, 0.4) is 0 Å². The van der Waals surface area contributed by atoms with Crippen LogP contribution in [0.5, 0.6) is 0 Å². The molecule has 0 amide bonds. The Morgan fingerprint density at radius 2 is 1.76 bits per heavy atom. The van der Waals surface area contributed by atoms with Crippen molar-refractivity contribution in [1.82, 2.24) is 9.99 Å². The van der Waals surface area contributed by atoms with E-state index in [4.69, 9.17) is 0 Å². The van der Waals surface area contributed by atoms with Gasteiger partial charge in [0.15, 0.2) is 0 Å². The van der Waals surface area contributed by atoms with E-state index in [1.807, 2.05) is 18.3 Å². The van der Waals surface area contributed by atoms with Crippen molar-refractivity contribution in [2.45, 2.75) is 6.54 Å². The average Bonchev–Trinajstić information content (AvgIpc) is 2.56. The number of hydrazone groups is 1. The van der Waals surface area contributed by atoms with Crippen molar-refractivity contribution in [3.05, 3.63) is 66.0 Å². The summed E-state index contributed by atoms with van der Waals surface area (Å²) in [7, 11) is 0. The minimum absolute atomic E-state index is 1.02. The van der Waals surface area contributed by atoms with Gasteiger partial charge in [-0.15, -0.1) is 0 Å². The summed E-state index contributed by atoms with van der Waals surface area (Å²) < 4.78 is 0. The maximum atomic E-state index is 4.56. The Morgan fingerprint density at radius 3 is 2.48 bits per heavy atom. The van der Waals surface area contributed by atoms with Gasteiger partial charge in [0, 0.05) is 18.0 Å². The smallest absolute Gasteiger partial charge is 0.103 e. The van der Waals surface area contributed by atoms with E-state index in [0.29, 0.717) is 0 Å². The molecule has 1 aromatic carbocycles. The van der Waals surface area contributed by atoms with Gasteiger partial charge in [0.25, 0.3) is 0 Å². The summed E-state index contributed by atoms with van der Waals surface area (Å²) in [5, 5.41) is 6.72. The van der Waals surface area contributed by atoms with Crippen LogP contribution in [0.1, 0.15) is 11.1 Å². The largest absolute Gasteiger partial charge is 0.328 e. The number of hydrogen-bond donors (Lipinski definition) is 1. The highest BCUT2D eigenvalue weighted by Gasteiger charge is 2.18. The van der Waals surface area contributed by atoms with Gasteiger partial charge in [0.1, 0.15) is 6.54 Å². The normalized spacial score (nSPS) is 16.5. The lowest BCUT2D eigenvalue weighted by Crippen LogP contribution is -3.13. The quantitative estimate of drug-likeness (QED) is 0.842. The summed E-state index contributed by atoms with van der Waals surface area (Å²) in [6, 6.07) is 14.7. The fourth-order valence-electron chi connectivity index (χ4n) is 2.59. The summed E-state index contributed by atoms with van der Waals surface area (Å²) in [6.45, 7) is 5.43. The van der Waals surface area contributed by atoms with Gasteiger partial charge in [-0.1, -0.05) is 30.3 Å². The summed E-state index contributed by atoms with van der Waals surface area (Å²) >= 11 is 0. The Labute approximate surface area is 125 Å². The maximum Gasteiger partial charge on any atom is 0.103 e. The van der Waals surface area contributed by atoms with Crippen molar-refractivity contribution >= 4 is 6.21 Å². The second kappa shape index (κ2) is 6.99.